The molecule has 0 bridgehead atoms. The highest BCUT2D eigenvalue weighted by Gasteiger charge is 2.06. The minimum atomic E-state index is -0.171. The highest BCUT2D eigenvalue weighted by molar-refractivity contribution is 5.94. The molecule has 2 aromatic carbocycles. The summed E-state index contributed by atoms with van der Waals surface area (Å²) in [5.41, 5.74) is 4.09. The molecule has 0 aliphatic carbocycles. The van der Waals surface area contributed by atoms with E-state index in [1.165, 1.54) is 0 Å². The summed E-state index contributed by atoms with van der Waals surface area (Å²) >= 11 is 0. The van der Waals surface area contributed by atoms with Crippen molar-refractivity contribution in [2.75, 3.05) is 29.1 Å². The van der Waals surface area contributed by atoms with Gasteiger partial charge in [0.15, 0.2) is 0 Å². The topological polar surface area (TPSA) is 79.5 Å². The van der Waals surface area contributed by atoms with Gasteiger partial charge < -0.3 is 20.7 Å². The Morgan fingerprint density at radius 3 is 2.32 bits per heavy atom. The van der Waals surface area contributed by atoms with E-state index < -0.39 is 0 Å². The molecular weight excluding hydrogens is 354 g/mol. The fourth-order valence-corrected chi connectivity index (χ4v) is 2.33. The van der Waals surface area contributed by atoms with Crippen LogP contribution in [0, 0.1) is 6.92 Å². The van der Waals surface area contributed by atoms with Crippen LogP contribution in [-0.4, -0.2) is 25.0 Å². The van der Waals surface area contributed by atoms with Gasteiger partial charge in [-0.25, -0.2) is 0 Å². The number of carbonyl (C=O) groups excluding carboxylic acids is 2. The first-order valence-corrected chi connectivity index (χ1v) is 9.19. The first-order valence-electron chi connectivity index (χ1n) is 9.19. The van der Waals surface area contributed by atoms with Crippen LogP contribution in [0.5, 0.6) is 5.75 Å². The van der Waals surface area contributed by atoms with E-state index >= 15 is 0 Å². The molecular formula is C22H27N3O3. The zero-order valence-corrected chi connectivity index (χ0v) is 16.6. The zero-order chi connectivity index (χ0) is 20.5. The molecule has 6 nitrogen and oxygen atoms in total. The molecule has 148 valence electrons. The Morgan fingerprint density at radius 2 is 1.68 bits per heavy atom. The third-order valence-electron chi connectivity index (χ3n) is 3.91. The van der Waals surface area contributed by atoms with E-state index in [4.69, 9.17) is 4.74 Å². The number of hydrogen-bond acceptors (Lipinski definition) is 4. The lowest BCUT2D eigenvalue weighted by molar-refractivity contribution is -0.116. The molecule has 0 radical (unpaired) electrons. The van der Waals surface area contributed by atoms with E-state index in [0.717, 1.165) is 28.3 Å². The number of carbonyl (C=O) groups is 2. The molecule has 0 aliphatic heterocycles. The lowest BCUT2D eigenvalue weighted by Crippen LogP contribution is -2.21. The van der Waals surface area contributed by atoms with Crippen LogP contribution < -0.4 is 20.7 Å². The van der Waals surface area contributed by atoms with Crippen molar-refractivity contribution < 1.29 is 14.3 Å². The van der Waals surface area contributed by atoms with Gasteiger partial charge in [0.1, 0.15) is 12.4 Å². The van der Waals surface area contributed by atoms with Gasteiger partial charge in [-0.15, -0.1) is 0 Å². The SMILES string of the molecule is C=C(C)COc1ccc(NC(=O)CNc2ccc(C)c(NC(=O)CC)c2)cc1. The predicted molar refractivity (Wildman–Crippen MR) is 114 cm³/mol. The largest absolute Gasteiger partial charge is 0.489 e. The zero-order valence-electron chi connectivity index (χ0n) is 16.6. The van der Waals surface area contributed by atoms with E-state index in [-0.39, 0.29) is 18.4 Å². The maximum atomic E-state index is 12.2. The Bertz CT molecular complexity index is 845. The Morgan fingerprint density at radius 1 is 1.00 bits per heavy atom. The summed E-state index contributed by atoms with van der Waals surface area (Å²) in [5.74, 6) is 0.504. The summed E-state index contributed by atoms with van der Waals surface area (Å²) in [7, 11) is 0. The second kappa shape index (κ2) is 10.2. The van der Waals surface area contributed by atoms with Gasteiger partial charge >= 0.3 is 0 Å². The lowest BCUT2D eigenvalue weighted by Gasteiger charge is -2.12. The van der Waals surface area contributed by atoms with E-state index in [2.05, 4.69) is 22.5 Å². The Kier molecular flexibility index (Phi) is 7.63. The standard InChI is InChI=1S/C22H27N3O3/c1-5-21(26)25-20-12-18(7-6-16(20)4)23-13-22(27)24-17-8-10-19(11-9-17)28-14-15(2)3/h6-12,23H,2,5,13-14H2,1,3-4H3,(H,24,27)(H,25,26). The van der Waals surface area contributed by atoms with Gasteiger partial charge in [0, 0.05) is 23.5 Å². The quantitative estimate of drug-likeness (QED) is 0.564. The van der Waals surface area contributed by atoms with E-state index in [0.29, 0.717) is 18.7 Å². The van der Waals surface area contributed by atoms with Gasteiger partial charge in [-0.05, 0) is 61.4 Å². The first kappa shape index (κ1) is 21.0. The second-order valence-corrected chi connectivity index (χ2v) is 6.60. The predicted octanol–water partition coefficient (Wildman–Crippen LogP) is 4.35. The normalized spacial score (nSPS) is 10.1. The van der Waals surface area contributed by atoms with Gasteiger partial charge in [-0.3, -0.25) is 9.59 Å². The molecule has 0 aliphatic rings. The number of hydrogen-bond donors (Lipinski definition) is 3. The molecule has 0 atom stereocenters. The van der Waals surface area contributed by atoms with Crippen molar-refractivity contribution in [3.63, 3.8) is 0 Å². The maximum absolute atomic E-state index is 12.2. The second-order valence-electron chi connectivity index (χ2n) is 6.60. The van der Waals surface area contributed by atoms with Crippen molar-refractivity contribution in [2.24, 2.45) is 0 Å². The van der Waals surface area contributed by atoms with Gasteiger partial charge in [0.2, 0.25) is 11.8 Å². The van der Waals surface area contributed by atoms with Crippen molar-refractivity contribution in [2.45, 2.75) is 27.2 Å². The van der Waals surface area contributed by atoms with Crippen LogP contribution in [0.4, 0.5) is 17.1 Å². The van der Waals surface area contributed by atoms with Crippen molar-refractivity contribution in [1.29, 1.82) is 0 Å². The third-order valence-corrected chi connectivity index (χ3v) is 3.91. The van der Waals surface area contributed by atoms with Crippen LogP contribution >= 0.6 is 0 Å². The fourth-order valence-electron chi connectivity index (χ4n) is 2.33. The van der Waals surface area contributed by atoms with Crippen molar-refractivity contribution in [3.05, 3.63) is 60.2 Å². The Hall–Kier alpha value is -3.28. The molecule has 2 rings (SSSR count). The average molecular weight is 381 g/mol. The molecule has 0 fully saturated rings. The van der Waals surface area contributed by atoms with Crippen LogP contribution in [-0.2, 0) is 9.59 Å². The van der Waals surface area contributed by atoms with Gasteiger partial charge in [0.05, 0.1) is 6.54 Å². The molecule has 0 unspecified atom stereocenters. The molecule has 0 heterocycles. The van der Waals surface area contributed by atoms with Crippen molar-refractivity contribution >= 4 is 28.9 Å². The maximum Gasteiger partial charge on any atom is 0.243 e. The van der Waals surface area contributed by atoms with E-state index in [9.17, 15) is 9.59 Å². The summed E-state index contributed by atoms with van der Waals surface area (Å²) in [5, 5.41) is 8.75. The number of anilines is 3. The number of rotatable bonds is 9. The summed E-state index contributed by atoms with van der Waals surface area (Å²) in [6.07, 6.45) is 0.413. The Labute approximate surface area is 166 Å². The summed E-state index contributed by atoms with van der Waals surface area (Å²) in [6, 6.07) is 12.8. The van der Waals surface area contributed by atoms with Crippen LogP contribution in [0.15, 0.2) is 54.6 Å². The van der Waals surface area contributed by atoms with E-state index in [1.54, 1.807) is 31.2 Å². The molecule has 3 N–H and O–H groups in total. The van der Waals surface area contributed by atoms with Crippen LogP contribution in [0.2, 0.25) is 0 Å². The summed E-state index contributed by atoms with van der Waals surface area (Å²) in [4.78, 5) is 23.8. The van der Waals surface area contributed by atoms with Crippen LogP contribution in [0.1, 0.15) is 25.8 Å². The van der Waals surface area contributed by atoms with Crippen molar-refractivity contribution in [3.8, 4) is 5.75 Å². The fraction of sp³-hybridized carbons (Fsp3) is 0.273. The average Bonchev–Trinajstić information content (AvgIpc) is 2.67. The van der Waals surface area contributed by atoms with Gasteiger partial charge in [0.25, 0.3) is 0 Å². The Balaban J connectivity index is 1.87. The monoisotopic (exact) mass is 381 g/mol. The molecule has 2 aromatic rings. The number of amides is 2. The summed E-state index contributed by atoms with van der Waals surface area (Å²) in [6.45, 7) is 9.99. The first-order chi connectivity index (χ1) is 13.4. The van der Waals surface area contributed by atoms with Crippen LogP contribution in [0.25, 0.3) is 0 Å². The smallest absolute Gasteiger partial charge is 0.243 e. The number of ether oxygens (including phenoxy) is 1. The molecule has 0 aromatic heterocycles. The molecule has 2 amide bonds. The van der Waals surface area contributed by atoms with E-state index in [1.807, 2.05) is 32.0 Å². The van der Waals surface area contributed by atoms with Crippen molar-refractivity contribution in [1.82, 2.24) is 0 Å². The molecule has 28 heavy (non-hydrogen) atoms. The lowest BCUT2D eigenvalue weighted by atomic mass is 10.1. The minimum absolute atomic E-state index is 0.0475. The third kappa shape index (κ3) is 6.79. The summed E-state index contributed by atoms with van der Waals surface area (Å²) < 4.78 is 5.53. The minimum Gasteiger partial charge on any atom is -0.489 e. The highest BCUT2D eigenvalue weighted by Crippen LogP contribution is 2.21. The number of aryl methyl sites for hydroxylation is 1. The van der Waals surface area contributed by atoms with Gasteiger partial charge in [-0.1, -0.05) is 19.6 Å². The van der Waals surface area contributed by atoms with Crippen LogP contribution in [0.3, 0.4) is 0 Å². The highest BCUT2D eigenvalue weighted by atomic mass is 16.5. The number of benzene rings is 2. The molecule has 0 saturated heterocycles. The molecule has 0 spiro atoms. The molecule has 6 heteroatoms. The molecule has 0 saturated carbocycles. The number of nitrogens with one attached hydrogen (secondary N) is 3. The van der Waals surface area contributed by atoms with Gasteiger partial charge in [-0.2, -0.15) is 0 Å².